The monoisotopic (exact) mass is 445 g/mol. The van der Waals surface area contributed by atoms with Crippen LogP contribution in [0.1, 0.15) is 40.6 Å². The topological polar surface area (TPSA) is 77.7 Å². The van der Waals surface area contributed by atoms with Gasteiger partial charge in [0.15, 0.2) is 11.5 Å². The van der Waals surface area contributed by atoms with Crippen molar-refractivity contribution < 1.29 is 31.9 Å². The Labute approximate surface area is 180 Å². The molecular weight excluding hydrogens is 427 g/mol. The summed E-state index contributed by atoms with van der Waals surface area (Å²) in [5.41, 5.74) is 0.124. The number of piperidine rings is 1. The maximum Gasteiger partial charge on any atom is 0.416 e. The largest absolute Gasteiger partial charge is 0.454 e. The zero-order chi connectivity index (χ0) is 22.3. The second-order valence-electron chi connectivity index (χ2n) is 7.68. The van der Waals surface area contributed by atoms with Crippen molar-refractivity contribution in [3.8, 4) is 23.0 Å². The average Bonchev–Trinajstić information content (AvgIpc) is 3.47. The Hall–Kier alpha value is -3.56. The van der Waals surface area contributed by atoms with Gasteiger partial charge in [0.25, 0.3) is 5.91 Å². The van der Waals surface area contributed by atoms with Crippen LogP contribution in [0.25, 0.3) is 11.5 Å². The molecule has 0 saturated carbocycles. The lowest BCUT2D eigenvalue weighted by Gasteiger charge is -2.31. The van der Waals surface area contributed by atoms with Gasteiger partial charge in [-0.1, -0.05) is 0 Å². The number of carbonyl (C=O) groups is 1. The number of hydrogen-bond donors (Lipinski definition) is 0. The fraction of sp³-hybridized carbons (Fsp3) is 0.318. The molecule has 1 atom stereocenters. The normalized spacial score (nSPS) is 18.1. The van der Waals surface area contributed by atoms with Crippen LogP contribution in [0.5, 0.6) is 11.5 Å². The fourth-order valence-corrected chi connectivity index (χ4v) is 3.89. The lowest BCUT2D eigenvalue weighted by molar-refractivity contribution is -0.137. The number of likely N-dealkylation sites (tertiary alicyclic amines) is 1. The first-order valence-electron chi connectivity index (χ1n) is 10.1. The zero-order valence-corrected chi connectivity index (χ0v) is 16.8. The first kappa shape index (κ1) is 20.3. The quantitative estimate of drug-likeness (QED) is 0.591. The summed E-state index contributed by atoms with van der Waals surface area (Å²) in [6.07, 6.45) is -2.95. The molecule has 2 aliphatic heterocycles. The zero-order valence-electron chi connectivity index (χ0n) is 16.8. The number of amides is 1. The second-order valence-corrected chi connectivity index (χ2v) is 7.68. The molecule has 1 amide bonds. The molecule has 1 aromatic heterocycles. The average molecular weight is 445 g/mol. The smallest absolute Gasteiger partial charge is 0.416 e. The van der Waals surface area contributed by atoms with Crippen molar-refractivity contribution >= 4 is 5.91 Å². The van der Waals surface area contributed by atoms with Gasteiger partial charge in [-0.15, -0.1) is 10.2 Å². The van der Waals surface area contributed by atoms with Gasteiger partial charge in [0.1, 0.15) is 0 Å². The number of halogens is 3. The van der Waals surface area contributed by atoms with Crippen LogP contribution in [0.3, 0.4) is 0 Å². The third-order valence-electron chi connectivity index (χ3n) is 5.58. The number of carbonyl (C=O) groups excluding carboxylic acids is 1. The summed E-state index contributed by atoms with van der Waals surface area (Å²) in [5, 5.41) is 8.29. The Morgan fingerprint density at radius 2 is 1.81 bits per heavy atom. The minimum atomic E-state index is -4.44. The highest BCUT2D eigenvalue weighted by molar-refractivity contribution is 5.94. The van der Waals surface area contributed by atoms with Gasteiger partial charge in [0.05, 0.1) is 11.5 Å². The van der Waals surface area contributed by atoms with Gasteiger partial charge in [-0.25, -0.2) is 0 Å². The molecule has 0 spiro atoms. The number of nitrogens with zero attached hydrogens (tertiary/aromatic N) is 3. The van der Waals surface area contributed by atoms with E-state index < -0.39 is 11.7 Å². The summed E-state index contributed by atoms with van der Waals surface area (Å²) in [6.45, 7) is 1.03. The maximum absolute atomic E-state index is 12.8. The summed E-state index contributed by atoms with van der Waals surface area (Å²) < 4.78 is 54.9. The van der Waals surface area contributed by atoms with E-state index in [9.17, 15) is 18.0 Å². The molecule has 0 radical (unpaired) electrons. The lowest BCUT2D eigenvalue weighted by Crippen LogP contribution is -2.39. The van der Waals surface area contributed by atoms with Crippen LogP contribution >= 0.6 is 0 Å². The van der Waals surface area contributed by atoms with Crippen molar-refractivity contribution in [2.75, 3.05) is 19.9 Å². The van der Waals surface area contributed by atoms with E-state index in [1.807, 2.05) is 0 Å². The van der Waals surface area contributed by atoms with E-state index in [0.29, 0.717) is 41.9 Å². The van der Waals surface area contributed by atoms with E-state index in [-0.39, 0.29) is 24.2 Å². The van der Waals surface area contributed by atoms with Crippen molar-refractivity contribution in [3.63, 3.8) is 0 Å². The van der Waals surface area contributed by atoms with E-state index in [1.165, 1.54) is 12.1 Å². The standard InChI is InChI=1S/C22H18F3N3O4/c23-22(24,25)16-6-3-13(4-7-16)21(29)28-9-1-2-15(11-28)20-27-26-19(32-20)14-5-8-17-18(10-14)31-12-30-17/h3-8,10,15H,1-2,9,11-12H2. The van der Waals surface area contributed by atoms with Crippen LogP contribution in [0.4, 0.5) is 13.2 Å². The fourth-order valence-electron chi connectivity index (χ4n) is 3.89. The number of benzene rings is 2. The Morgan fingerprint density at radius 3 is 2.59 bits per heavy atom. The number of rotatable bonds is 3. The van der Waals surface area contributed by atoms with Crippen LogP contribution in [0.15, 0.2) is 46.9 Å². The molecule has 1 fully saturated rings. The molecular formula is C22H18F3N3O4. The summed E-state index contributed by atoms with van der Waals surface area (Å²) in [7, 11) is 0. The van der Waals surface area contributed by atoms with E-state index in [2.05, 4.69) is 10.2 Å². The summed E-state index contributed by atoms with van der Waals surface area (Å²) in [5.74, 6) is 1.54. The van der Waals surface area contributed by atoms with Gasteiger partial charge >= 0.3 is 6.18 Å². The Bertz CT molecular complexity index is 1140. The second kappa shape index (κ2) is 7.85. The van der Waals surface area contributed by atoms with Crippen molar-refractivity contribution in [2.24, 2.45) is 0 Å². The third-order valence-corrected chi connectivity index (χ3v) is 5.58. The van der Waals surface area contributed by atoms with Crippen LogP contribution in [0, 0.1) is 0 Å². The number of ether oxygens (including phenoxy) is 2. The summed E-state index contributed by atoms with van der Waals surface area (Å²) in [4.78, 5) is 14.4. The molecule has 1 unspecified atom stereocenters. The predicted octanol–water partition coefficient (Wildman–Crippen LogP) is 4.50. The van der Waals surface area contributed by atoms with Crippen LogP contribution in [0.2, 0.25) is 0 Å². The molecule has 2 aliphatic rings. The number of aromatic nitrogens is 2. The van der Waals surface area contributed by atoms with Gasteiger partial charge < -0.3 is 18.8 Å². The highest BCUT2D eigenvalue weighted by Gasteiger charge is 2.32. The molecule has 2 aromatic carbocycles. The first-order valence-corrected chi connectivity index (χ1v) is 10.1. The molecule has 0 N–H and O–H groups in total. The van der Waals surface area contributed by atoms with Gasteiger partial charge in [0, 0.05) is 24.2 Å². The molecule has 7 nitrogen and oxygen atoms in total. The number of hydrogen-bond acceptors (Lipinski definition) is 6. The molecule has 5 rings (SSSR count). The van der Waals surface area contributed by atoms with Crippen LogP contribution in [-0.2, 0) is 6.18 Å². The van der Waals surface area contributed by atoms with Gasteiger partial charge in [0.2, 0.25) is 18.6 Å². The Kier molecular flexibility index (Phi) is 4.99. The van der Waals surface area contributed by atoms with Gasteiger partial charge in [-0.05, 0) is 55.3 Å². The van der Waals surface area contributed by atoms with Crippen molar-refractivity contribution in [1.82, 2.24) is 15.1 Å². The molecule has 0 bridgehead atoms. The molecule has 0 aliphatic carbocycles. The summed E-state index contributed by atoms with van der Waals surface area (Å²) >= 11 is 0. The Morgan fingerprint density at radius 1 is 1.03 bits per heavy atom. The minimum Gasteiger partial charge on any atom is -0.454 e. The Balaban J connectivity index is 1.30. The molecule has 32 heavy (non-hydrogen) atoms. The van der Waals surface area contributed by atoms with Crippen molar-refractivity contribution in [3.05, 3.63) is 59.5 Å². The minimum absolute atomic E-state index is 0.155. The van der Waals surface area contributed by atoms with E-state index in [0.717, 1.165) is 25.0 Å². The number of fused-ring (bicyclic) bond motifs is 1. The SMILES string of the molecule is O=C(c1ccc(C(F)(F)F)cc1)N1CCCC(c2nnc(-c3ccc4c(c3)OCO4)o2)C1. The van der Waals surface area contributed by atoms with Crippen molar-refractivity contribution in [2.45, 2.75) is 24.9 Å². The van der Waals surface area contributed by atoms with E-state index in [4.69, 9.17) is 13.9 Å². The highest BCUT2D eigenvalue weighted by Crippen LogP contribution is 2.36. The predicted molar refractivity (Wildman–Crippen MR) is 105 cm³/mol. The molecule has 3 aromatic rings. The van der Waals surface area contributed by atoms with Gasteiger partial charge in [-0.3, -0.25) is 4.79 Å². The maximum atomic E-state index is 12.8. The lowest BCUT2D eigenvalue weighted by atomic mass is 9.97. The van der Waals surface area contributed by atoms with Crippen molar-refractivity contribution in [1.29, 1.82) is 0 Å². The first-order chi connectivity index (χ1) is 15.4. The van der Waals surface area contributed by atoms with Crippen LogP contribution < -0.4 is 9.47 Å². The molecule has 1 saturated heterocycles. The van der Waals surface area contributed by atoms with E-state index >= 15 is 0 Å². The van der Waals surface area contributed by atoms with Crippen LogP contribution in [-0.4, -0.2) is 40.9 Å². The molecule has 3 heterocycles. The van der Waals surface area contributed by atoms with Gasteiger partial charge in [-0.2, -0.15) is 13.2 Å². The third kappa shape index (κ3) is 3.88. The highest BCUT2D eigenvalue weighted by atomic mass is 19.4. The number of alkyl halides is 3. The molecule has 166 valence electrons. The summed E-state index contributed by atoms with van der Waals surface area (Å²) in [6, 6.07) is 9.59. The van der Waals surface area contributed by atoms with E-state index in [1.54, 1.807) is 23.1 Å². The molecule has 10 heteroatoms.